The highest BCUT2D eigenvalue weighted by Gasteiger charge is 2.18. The van der Waals surface area contributed by atoms with Gasteiger partial charge in [-0.1, -0.05) is 19.9 Å². The van der Waals surface area contributed by atoms with Crippen LogP contribution in [-0.4, -0.2) is 28.1 Å². The van der Waals surface area contributed by atoms with Gasteiger partial charge in [-0.05, 0) is 92.5 Å². The van der Waals surface area contributed by atoms with Gasteiger partial charge in [0.05, 0.1) is 0 Å². The third-order valence-corrected chi connectivity index (χ3v) is 8.27. The first-order valence-corrected chi connectivity index (χ1v) is 13.0. The highest BCUT2D eigenvalue weighted by atomic mass is 32.2. The molecule has 7 heteroatoms. The summed E-state index contributed by atoms with van der Waals surface area (Å²) in [6.07, 6.45) is 10.4. The topological polar surface area (TPSA) is 62.2 Å². The number of nitrogens with zero attached hydrogens (tertiary/aromatic N) is 2. The van der Waals surface area contributed by atoms with E-state index in [1.807, 2.05) is 23.4 Å². The van der Waals surface area contributed by atoms with Crippen molar-refractivity contribution in [3.8, 4) is 0 Å². The maximum Gasteiger partial charge on any atom is 0.277 e. The summed E-state index contributed by atoms with van der Waals surface area (Å²) in [5, 5.41) is 0. The summed E-state index contributed by atoms with van der Waals surface area (Å²) in [6, 6.07) is 0. The number of ether oxygens (including phenoxy) is 1. The number of hydrogen-bond acceptors (Lipinski definition) is 5. The third-order valence-electron chi connectivity index (χ3n) is 6.61. The molecule has 1 aliphatic heterocycles. The first-order chi connectivity index (χ1) is 14.7. The average Bonchev–Trinajstić information content (AvgIpc) is 2.74. The summed E-state index contributed by atoms with van der Waals surface area (Å²) < 4.78 is 9.44. The Morgan fingerprint density at radius 1 is 1.32 bits per heavy atom. The van der Waals surface area contributed by atoms with E-state index in [0.717, 1.165) is 43.6 Å². The monoisotopic (exact) mass is 467 g/mol. The van der Waals surface area contributed by atoms with Crippen molar-refractivity contribution in [2.24, 2.45) is 31.8 Å². The maximum atomic E-state index is 12.3. The normalized spacial score (nSPS) is 21.5. The minimum absolute atomic E-state index is 0.196. The lowest BCUT2D eigenvalue weighted by molar-refractivity contribution is 0.0823. The summed E-state index contributed by atoms with van der Waals surface area (Å²) in [4.78, 5) is 13.6. The fourth-order valence-corrected chi connectivity index (χ4v) is 5.39. The number of hydrogen-bond donors (Lipinski definition) is 1. The first kappa shape index (κ1) is 26.2. The van der Waals surface area contributed by atoms with Crippen molar-refractivity contribution in [3.63, 3.8) is 0 Å². The van der Waals surface area contributed by atoms with Crippen LogP contribution in [0.1, 0.15) is 65.0 Å². The molecule has 5 nitrogen and oxygen atoms in total. The summed E-state index contributed by atoms with van der Waals surface area (Å²) in [6.45, 7) is 8.67. The molecule has 1 fully saturated rings. The van der Waals surface area contributed by atoms with Crippen LogP contribution in [0, 0.1) is 22.5 Å². The van der Waals surface area contributed by atoms with Crippen LogP contribution in [0.2, 0.25) is 0 Å². The number of anilines is 1. The average molecular weight is 468 g/mol. The summed E-state index contributed by atoms with van der Waals surface area (Å²) >= 11 is 7.34. The summed E-state index contributed by atoms with van der Waals surface area (Å²) in [7, 11) is 3.56. The van der Waals surface area contributed by atoms with E-state index in [1.165, 1.54) is 47.3 Å². The van der Waals surface area contributed by atoms with Gasteiger partial charge in [0, 0.05) is 33.0 Å². The van der Waals surface area contributed by atoms with Gasteiger partial charge in [-0.3, -0.25) is 9.36 Å². The Morgan fingerprint density at radius 3 is 2.81 bits per heavy atom. The molecule has 0 spiro atoms. The molecule has 1 aromatic rings. The van der Waals surface area contributed by atoms with Crippen LogP contribution in [0.3, 0.4) is 0 Å². The van der Waals surface area contributed by atoms with Crippen LogP contribution in [-0.2, 0) is 25.3 Å². The van der Waals surface area contributed by atoms with E-state index < -0.39 is 0 Å². The van der Waals surface area contributed by atoms with E-state index in [-0.39, 0.29) is 5.56 Å². The van der Waals surface area contributed by atoms with E-state index in [2.05, 4.69) is 26.8 Å². The molecule has 0 bridgehead atoms. The van der Waals surface area contributed by atoms with Crippen molar-refractivity contribution in [1.29, 1.82) is 0 Å². The fourth-order valence-electron chi connectivity index (χ4n) is 4.35. The second kappa shape index (κ2) is 12.9. The SMILES string of the molecule is C/C(=C/CC(C)Cc1c(N)c(=O)n(C)c(=S)n1C)SCCCC1CCCOCCC1C. The number of nitrogen functional groups attached to an aromatic ring is 1. The van der Waals surface area contributed by atoms with Crippen molar-refractivity contribution in [3.05, 3.63) is 31.8 Å². The van der Waals surface area contributed by atoms with Crippen LogP contribution in [0.4, 0.5) is 5.69 Å². The molecule has 1 aromatic heterocycles. The second-order valence-electron chi connectivity index (χ2n) is 9.20. The zero-order valence-electron chi connectivity index (χ0n) is 20.0. The molecule has 1 saturated heterocycles. The van der Waals surface area contributed by atoms with Crippen LogP contribution < -0.4 is 11.3 Å². The Morgan fingerprint density at radius 2 is 2.06 bits per heavy atom. The molecule has 2 heterocycles. The van der Waals surface area contributed by atoms with E-state index in [9.17, 15) is 4.79 Å². The number of aromatic nitrogens is 2. The van der Waals surface area contributed by atoms with Crippen LogP contribution in [0.15, 0.2) is 15.8 Å². The lowest BCUT2D eigenvalue weighted by Gasteiger charge is -2.26. The van der Waals surface area contributed by atoms with E-state index in [4.69, 9.17) is 22.7 Å². The van der Waals surface area contributed by atoms with Gasteiger partial charge < -0.3 is 15.0 Å². The molecule has 176 valence electrons. The Balaban J connectivity index is 1.79. The van der Waals surface area contributed by atoms with Crippen LogP contribution in [0.25, 0.3) is 0 Å². The van der Waals surface area contributed by atoms with Gasteiger partial charge in [0.15, 0.2) is 4.77 Å². The van der Waals surface area contributed by atoms with Crippen molar-refractivity contribution < 1.29 is 4.74 Å². The molecule has 3 atom stereocenters. The van der Waals surface area contributed by atoms with E-state index >= 15 is 0 Å². The minimum atomic E-state index is -0.196. The van der Waals surface area contributed by atoms with Crippen molar-refractivity contribution >= 4 is 29.7 Å². The molecule has 1 aliphatic rings. The zero-order chi connectivity index (χ0) is 23.0. The van der Waals surface area contributed by atoms with Gasteiger partial charge >= 0.3 is 0 Å². The Bertz CT molecular complexity index is 822. The van der Waals surface area contributed by atoms with Crippen LogP contribution >= 0.6 is 24.0 Å². The number of thioether (sulfide) groups is 1. The molecule has 2 N–H and O–H groups in total. The molecule has 0 amide bonds. The number of rotatable bonds is 9. The smallest absolute Gasteiger partial charge is 0.277 e. The van der Waals surface area contributed by atoms with E-state index in [1.54, 1.807) is 7.05 Å². The number of nitrogens with two attached hydrogens (primary N) is 1. The van der Waals surface area contributed by atoms with E-state index in [0.29, 0.717) is 16.4 Å². The van der Waals surface area contributed by atoms with Crippen molar-refractivity contribution in [2.45, 2.75) is 65.7 Å². The molecule has 0 aliphatic carbocycles. The highest BCUT2D eigenvalue weighted by Crippen LogP contribution is 2.29. The van der Waals surface area contributed by atoms with Crippen LogP contribution in [0.5, 0.6) is 0 Å². The first-order valence-electron chi connectivity index (χ1n) is 11.6. The Kier molecular flexibility index (Phi) is 10.9. The predicted molar refractivity (Wildman–Crippen MR) is 136 cm³/mol. The highest BCUT2D eigenvalue weighted by molar-refractivity contribution is 8.03. The molecule has 0 aromatic carbocycles. The standard InChI is InChI=1S/C24H41N3O2S2/c1-17(16-21-22(25)23(28)27(5)24(30)26(21)4)10-11-19(3)31-15-7-9-20-8-6-13-29-14-12-18(20)2/h11,17-18,20H,6-10,12-16,25H2,1-5H3/b19-11-. The Labute approximate surface area is 197 Å². The third kappa shape index (κ3) is 7.79. The molecule has 31 heavy (non-hydrogen) atoms. The predicted octanol–water partition coefficient (Wildman–Crippen LogP) is 5.47. The van der Waals surface area contributed by atoms with Gasteiger partial charge in [0.1, 0.15) is 5.69 Å². The van der Waals surface area contributed by atoms with Gasteiger partial charge in [-0.25, -0.2) is 0 Å². The lowest BCUT2D eigenvalue weighted by atomic mass is 9.84. The summed E-state index contributed by atoms with van der Waals surface area (Å²) in [5.41, 5.74) is 7.07. The maximum absolute atomic E-state index is 12.3. The van der Waals surface area contributed by atoms with Gasteiger partial charge in [0.25, 0.3) is 5.56 Å². The minimum Gasteiger partial charge on any atom is -0.393 e. The second-order valence-corrected chi connectivity index (χ2v) is 10.9. The lowest BCUT2D eigenvalue weighted by Crippen LogP contribution is -2.28. The van der Waals surface area contributed by atoms with Gasteiger partial charge in [0.2, 0.25) is 0 Å². The molecular formula is C24H41N3O2S2. The molecule has 2 rings (SSSR count). The zero-order valence-corrected chi connectivity index (χ0v) is 21.6. The molecular weight excluding hydrogens is 426 g/mol. The molecule has 0 saturated carbocycles. The molecule has 0 radical (unpaired) electrons. The largest absolute Gasteiger partial charge is 0.393 e. The molecule has 3 unspecified atom stereocenters. The van der Waals surface area contributed by atoms with Crippen molar-refractivity contribution in [2.75, 3.05) is 24.7 Å². The number of allylic oxidation sites excluding steroid dienone is 2. The van der Waals surface area contributed by atoms with Crippen molar-refractivity contribution in [1.82, 2.24) is 9.13 Å². The summed E-state index contributed by atoms with van der Waals surface area (Å²) in [5.74, 6) is 3.21. The Hall–Kier alpha value is -1.05. The quantitative estimate of drug-likeness (QED) is 0.385. The van der Waals surface area contributed by atoms with Gasteiger partial charge in [-0.15, -0.1) is 11.8 Å². The van der Waals surface area contributed by atoms with Gasteiger partial charge in [-0.2, -0.15) is 0 Å². The fraction of sp³-hybridized carbons (Fsp3) is 0.750.